The highest BCUT2D eigenvalue weighted by Crippen LogP contribution is 2.47. The number of fused-ring (bicyclic) bond motifs is 1. The van der Waals surface area contributed by atoms with Crippen LogP contribution in [0, 0.1) is 17.3 Å². The van der Waals surface area contributed by atoms with E-state index >= 15 is 0 Å². The van der Waals surface area contributed by atoms with Crippen LogP contribution in [0.5, 0.6) is 0 Å². The van der Waals surface area contributed by atoms with Gasteiger partial charge in [0.15, 0.2) is 5.69 Å². The van der Waals surface area contributed by atoms with E-state index in [0.717, 1.165) is 32.3 Å². The van der Waals surface area contributed by atoms with Gasteiger partial charge in [-0.15, -0.1) is 0 Å². The molecular weight excluding hydrogens is 539 g/mol. The van der Waals surface area contributed by atoms with Crippen molar-refractivity contribution in [1.82, 2.24) is 25.6 Å². The number of carbonyl (C=O) groups excluding carboxylic acids is 2. The Morgan fingerprint density at radius 3 is 2.50 bits per heavy atom. The quantitative estimate of drug-likeness (QED) is 0.289. The lowest BCUT2D eigenvalue weighted by Crippen LogP contribution is -2.39. The molecule has 2 heterocycles. The maximum absolute atomic E-state index is 13.8. The molecule has 40 heavy (non-hydrogen) atoms. The number of nitrogens with two attached hydrogens (primary N) is 1. The number of benzene rings is 1. The van der Waals surface area contributed by atoms with Crippen molar-refractivity contribution in [2.24, 2.45) is 23.0 Å². The number of imidazole rings is 1. The summed E-state index contributed by atoms with van der Waals surface area (Å²) >= 11 is 0. The van der Waals surface area contributed by atoms with Crippen LogP contribution in [-0.2, 0) is 4.79 Å². The number of nitrogens with zero attached hydrogens (tertiary/aromatic N) is 3. The highest BCUT2D eigenvalue weighted by Gasteiger charge is 2.50. The van der Waals surface area contributed by atoms with Gasteiger partial charge >= 0.3 is 6.18 Å². The van der Waals surface area contributed by atoms with Crippen LogP contribution < -0.4 is 11.1 Å². The molecule has 2 atom stereocenters. The Kier molecular flexibility index (Phi) is 6.86. The van der Waals surface area contributed by atoms with E-state index in [0.29, 0.717) is 11.0 Å². The monoisotopic (exact) mass is 568 g/mol. The fourth-order valence-corrected chi connectivity index (χ4v) is 5.28. The number of halogens is 5. The molecule has 0 radical (unpaired) electrons. The average molecular weight is 569 g/mol. The Morgan fingerprint density at radius 1 is 1.20 bits per heavy atom. The van der Waals surface area contributed by atoms with Crippen LogP contribution in [0.4, 0.5) is 22.0 Å². The molecule has 0 saturated heterocycles. The third-order valence-electron chi connectivity index (χ3n) is 7.83. The maximum Gasteiger partial charge on any atom is 0.394 e. The molecule has 2 aliphatic carbocycles. The third kappa shape index (κ3) is 5.66. The van der Waals surface area contributed by atoms with Crippen LogP contribution in [0.2, 0.25) is 0 Å². The molecule has 2 amide bonds. The smallest absolute Gasteiger partial charge is 0.364 e. The Morgan fingerprint density at radius 2 is 1.90 bits per heavy atom. The molecule has 3 aromatic rings. The van der Waals surface area contributed by atoms with Gasteiger partial charge in [-0.3, -0.25) is 9.59 Å². The molecule has 2 aliphatic rings. The molecular formula is C26H29F5N6O3. The fourth-order valence-electron chi connectivity index (χ4n) is 5.28. The lowest BCUT2D eigenvalue weighted by atomic mass is 9.79. The van der Waals surface area contributed by atoms with Gasteiger partial charge in [-0.05, 0) is 54.0 Å². The second-order valence-corrected chi connectivity index (χ2v) is 11.6. The predicted octanol–water partition coefficient (Wildman–Crippen LogP) is 5.16. The topological polar surface area (TPSA) is 140 Å². The summed E-state index contributed by atoms with van der Waals surface area (Å²) in [6.07, 6.45) is -3.87. The Hall–Kier alpha value is -3.58. The van der Waals surface area contributed by atoms with Crippen LogP contribution in [0.25, 0.3) is 11.0 Å². The van der Waals surface area contributed by atoms with Crippen molar-refractivity contribution < 1.29 is 36.2 Å². The molecule has 0 spiro atoms. The number of rotatable bonds is 10. The zero-order chi connectivity index (χ0) is 29.0. The minimum atomic E-state index is -4.57. The van der Waals surface area contributed by atoms with Crippen LogP contribution >= 0.6 is 0 Å². The minimum absolute atomic E-state index is 0.0276. The summed E-state index contributed by atoms with van der Waals surface area (Å²) in [6.45, 7) is 2.07. The van der Waals surface area contributed by atoms with Crippen molar-refractivity contribution in [3.05, 3.63) is 41.0 Å². The number of hydrogen-bond acceptors (Lipinski definition) is 6. The van der Waals surface area contributed by atoms with E-state index in [-0.39, 0.29) is 60.3 Å². The van der Waals surface area contributed by atoms with Crippen LogP contribution in [0.15, 0.2) is 22.8 Å². The first-order valence-corrected chi connectivity index (χ1v) is 13.0. The number of aromatic amines is 1. The molecule has 216 valence electrons. The van der Waals surface area contributed by atoms with Crippen molar-refractivity contribution in [3.63, 3.8) is 0 Å². The predicted molar refractivity (Wildman–Crippen MR) is 131 cm³/mol. The van der Waals surface area contributed by atoms with Crippen molar-refractivity contribution in [2.45, 2.75) is 76.4 Å². The number of H-pyrrole nitrogens is 1. The highest BCUT2D eigenvalue weighted by atomic mass is 19.4. The number of hydrogen-bond donors (Lipinski definition) is 3. The summed E-state index contributed by atoms with van der Waals surface area (Å²) in [5.41, 5.74) is 4.32. The van der Waals surface area contributed by atoms with Gasteiger partial charge in [0.25, 0.3) is 5.91 Å². The van der Waals surface area contributed by atoms with Gasteiger partial charge in [0, 0.05) is 19.3 Å². The lowest BCUT2D eigenvalue weighted by molar-refractivity contribution is -0.214. The number of aromatic nitrogens is 4. The van der Waals surface area contributed by atoms with Gasteiger partial charge in [-0.25, -0.2) is 18.4 Å². The SMILES string of the molecule is CC(C)(C[C@H](c1nc2ccc([C@H](NC(=O)CC3CC(F)(F)C3)C3CC3)cc2[nH]1)c1nonc1C(N)=O)C(F)(F)F. The first-order valence-electron chi connectivity index (χ1n) is 13.0. The molecule has 0 bridgehead atoms. The van der Waals surface area contributed by atoms with E-state index < -0.39 is 35.8 Å². The molecule has 1 aromatic carbocycles. The molecule has 9 nitrogen and oxygen atoms in total. The van der Waals surface area contributed by atoms with Crippen LogP contribution in [0.3, 0.4) is 0 Å². The molecule has 2 saturated carbocycles. The molecule has 5 rings (SSSR count). The standard InChI is InChI=1S/C26H29F5N6O3/c1-24(2,26(29,30)31)11-15(20-21(22(32)39)37-40-36-20)23-33-16-6-5-14(8-17(16)34-23)19(13-3-4-13)35-18(38)7-12-9-25(27,28)10-12/h5-6,8,12-13,15,19H,3-4,7,9-11H2,1-2H3,(H2,32,39)(H,33,34)(H,35,38)/t15-,19+/m0/s1. The molecule has 0 aliphatic heterocycles. The van der Waals surface area contributed by atoms with Crippen molar-refractivity contribution >= 4 is 22.8 Å². The fraction of sp³-hybridized carbons (Fsp3) is 0.577. The Labute approximate surface area is 225 Å². The largest absolute Gasteiger partial charge is 0.394 e. The summed E-state index contributed by atoms with van der Waals surface area (Å²) < 4.78 is 72.5. The van der Waals surface area contributed by atoms with Gasteiger partial charge in [-0.1, -0.05) is 25.1 Å². The van der Waals surface area contributed by atoms with E-state index in [1.54, 1.807) is 18.2 Å². The second kappa shape index (κ2) is 9.81. The molecule has 2 aromatic heterocycles. The highest BCUT2D eigenvalue weighted by molar-refractivity contribution is 5.92. The number of alkyl halides is 5. The minimum Gasteiger partial charge on any atom is -0.364 e. The zero-order valence-corrected chi connectivity index (χ0v) is 21.8. The van der Waals surface area contributed by atoms with E-state index in [2.05, 4.69) is 30.2 Å². The van der Waals surface area contributed by atoms with E-state index in [4.69, 9.17) is 5.73 Å². The Balaban J connectivity index is 1.43. The van der Waals surface area contributed by atoms with Gasteiger partial charge in [-0.2, -0.15) is 13.2 Å². The van der Waals surface area contributed by atoms with E-state index in [1.807, 2.05) is 0 Å². The van der Waals surface area contributed by atoms with Gasteiger partial charge in [0.1, 0.15) is 11.5 Å². The second-order valence-electron chi connectivity index (χ2n) is 11.6. The van der Waals surface area contributed by atoms with Gasteiger partial charge < -0.3 is 16.0 Å². The summed E-state index contributed by atoms with van der Waals surface area (Å²) in [6, 6.07) is 4.87. The molecule has 0 unspecified atom stereocenters. The number of primary amides is 1. The van der Waals surface area contributed by atoms with E-state index in [9.17, 15) is 31.5 Å². The van der Waals surface area contributed by atoms with Gasteiger partial charge in [0.2, 0.25) is 11.8 Å². The maximum atomic E-state index is 13.8. The number of nitrogens with one attached hydrogen (secondary N) is 2. The van der Waals surface area contributed by atoms with E-state index in [1.165, 1.54) is 0 Å². The third-order valence-corrected chi connectivity index (χ3v) is 7.83. The molecule has 2 fully saturated rings. The summed E-state index contributed by atoms with van der Waals surface area (Å²) in [5, 5.41) is 10.1. The first kappa shape index (κ1) is 28.0. The van der Waals surface area contributed by atoms with Gasteiger partial charge in [0.05, 0.1) is 28.4 Å². The normalized spacial score (nSPS) is 19.3. The lowest BCUT2D eigenvalue weighted by Gasteiger charge is -2.34. The van der Waals surface area contributed by atoms with Crippen LogP contribution in [-0.4, -0.2) is 44.2 Å². The van der Waals surface area contributed by atoms with Crippen molar-refractivity contribution in [3.8, 4) is 0 Å². The number of carbonyl (C=O) groups is 2. The summed E-state index contributed by atoms with van der Waals surface area (Å²) in [4.78, 5) is 32.1. The number of amides is 2. The summed E-state index contributed by atoms with van der Waals surface area (Å²) in [7, 11) is 0. The molecule has 14 heteroatoms. The van der Waals surface area contributed by atoms with Crippen molar-refractivity contribution in [2.75, 3.05) is 0 Å². The zero-order valence-electron chi connectivity index (χ0n) is 21.8. The Bertz CT molecular complexity index is 1420. The average Bonchev–Trinajstić information content (AvgIpc) is 3.38. The molecule has 4 N–H and O–H groups in total. The van der Waals surface area contributed by atoms with Crippen molar-refractivity contribution in [1.29, 1.82) is 0 Å². The first-order chi connectivity index (χ1) is 18.6. The summed E-state index contributed by atoms with van der Waals surface area (Å²) in [5.74, 6) is -5.19. The van der Waals surface area contributed by atoms with Crippen LogP contribution in [0.1, 0.15) is 91.9 Å².